The van der Waals surface area contributed by atoms with Crippen molar-refractivity contribution in [2.45, 2.75) is 44.1 Å². The highest BCUT2D eigenvalue weighted by molar-refractivity contribution is 7.99. The Morgan fingerprint density at radius 1 is 1.23 bits per heavy atom. The molecule has 22 heavy (non-hydrogen) atoms. The summed E-state index contributed by atoms with van der Waals surface area (Å²) in [5.74, 6) is 2.29. The van der Waals surface area contributed by atoms with E-state index in [0.717, 1.165) is 61.9 Å². The van der Waals surface area contributed by atoms with Gasteiger partial charge in [0.25, 0.3) is 5.82 Å². The molecule has 0 radical (unpaired) electrons. The summed E-state index contributed by atoms with van der Waals surface area (Å²) in [6.07, 6.45) is 5.68. The number of pyridine rings is 1. The Morgan fingerprint density at radius 3 is 2.64 bits per heavy atom. The lowest BCUT2D eigenvalue weighted by Crippen LogP contribution is -2.41. The van der Waals surface area contributed by atoms with Gasteiger partial charge < -0.3 is 4.74 Å². The number of hydrogen-bond acceptors (Lipinski definition) is 4. The number of nitriles is 1. The molecule has 1 aliphatic carbocycles. The van der Waals surface area contributed by atoms with E-state index in [0.29, 0.717) is 0 Å². The van der Waals surface area contributed by atoms with Gasteiger partial charge in [-0.2, -0.15) is 5.26 Å². The van der Waals surface area contributed by atoms with E-state index in [1.54, 1.807) is 11.8 Å². The molecule has 0 aromatic carbocycles. The number of nitrogens with zero attached hydrogens (tertiary/aromatic N) is 2. The quantitative estimate of drug-likeness (QED) is 0.801. The van der Waals surface area contributed by atoms with Crippen LogP contribution < -0.4 is 9.88 Å². The fraction of sp³-hybridized carbons (Fsp3) is 0.647. The van der Waals surface area contributed by atoms with Crippen molar-refractivity contribution in [2.24, 2.45) is 0 Å². The average Bonchev–Trinajstić information content (AvgIpc) is 2.59. The molecule has 0 unspecified atom stereocenters. The van der Waals surface area contributed by atoms with E-state index >= 15 is 0 Å². The van der Waals surface area contributed by atoms with E-state index in [-0.39, 0.29) is 0 Å². The maximum Gasteiger partial charge on any atom is 0.278 e. The SMILES string of the molecule is CCCSc1[nH+]c(N2CCOCC2)c2c(c1C#N)CCCC2. The van der Waals surface area contributed by atoms with Gasteiger partial charge >= 0.3 is 0 Å². The highest BCUT2D eigenvalue weighted by Crippen LogP contribution is 2.34. The number of rotatable bonds is 4. The van der Waals surface area contributed by atoms with E-state index in [2.05, 4.69) is 22.9 Å². The third kappa shape index (κ3) is 3.09. The van der Waals surface area contributed by atoms with Crippen LogP contribution in [0.2, 0.25) is 0 Å². The monoisotopic (exact) mass is 318 g/mol. The first-order valence-corrected chi connectivity index (χ1v) is 9.30. The van der Waals surface area contributed by atoms with Crippen molar-refractivity contribution in [1.82, 2.24) is 0 Å². The van der Waals surface area contributed by atoms with Crippen LogP contribution in [-0.4, -0.2) is 32.1 Å². The molecule has 1 N–H and O–H groups in total. The van der Waals surface area contributed by atoms with Gasteiger partial charge in [-0.25, -0.2) is 4.98 Å². The van der Waals surface area contributed by atoms with Gasteiger partial charge in [0.05, 0.1) is 13.2 Å². The molecule has 1 saturated heterocycles. The molecule has 0 amide bonds. The van der Waals surface area contributed by atoms with Crippen LogP contribution in [-0.2, 0) is 17.6 Å². The molecular weight excluding hydrogens is 294 g/mol. The van der Waals surface area contributed by atoms with Crippen LogP contribution >= 0.6 is 11.8 Å². The third-order valence-electron chi connectivity index (χ3n) is 4.40. The van der Waals surface area contributed by atoms with Crippen LogP contribution in [0.15, 0.2) is 5.03 Å². The van der Waals surface area contributed by atoms with Crippen molar-refractivity contribution in [2.75, 3.05) is 37.0 Å². The summed E-state index contributed by atoms with van der Waals surface area (Å²) in [6, 6.07) is 2.47. The number of anilines is 1. The first kappa shape index (κ1) is 15.6. The van der Waals surface area contributed by atoms with Gasteiger partial charge in [-0.3, -0.25) is 4.90 Å². The Balaban J connectivity index is 2.05. The number of aromatic nitrogens is 1. The largest absolute Gasteiger partial charge is 0.373 e. The van der Waals surface area contributed by atoms with Crippen molar-refractivity contribution in [3.8, 4) is 6.07 Å². The molecule has 0 atom stereocenters. The first-order valence-electron chi connectivity index (χ1n) is 8.31. The molecule has 3 rings (SSSR count). The highest BCUT2D eigenvalue weighted by atomic mass is 32.2. The Hall–Kier alpha value is -1.25. The van der Waals surface area contributed by atoms with Crippen LogP contribution in [0.4, 0.5) is 5.82 Å². The number of thioether (sulfide) groups is 1. The average molecular weight is 318 g/mol. The summed E-state index contributed by atoms with van der Waals surface area (Å²) in [5, 5.41) is 10.7. The number of H-pyrrole nitrogens is 1. The molecular formula is C17H24N3OS+. The molecule has 1 aliphatic heterocycles. The Morgan fingerprint density at radius 2 is 1.95 bits per heavy atom. The number of nitrogens with one attached hydrogen (secondary N) is 1. The van der Waals surface area contributed by atoms with E-state index in [1.807, 2.05) is 0 Å². The molecule has 0 spiro atoms. The second-order valence-electron chi connectivity index (χ2n) is 5.90. The minimum atomic E-state index is 0.792. The Bertz CT molecular complexity index is 576. The minimum absolute atomic E-state index is 0.792. The maximum atomic E-state index is 9.66. The molecule has 5 heteroatoms. The molecule has 2 heterocycles. The fourth-order valence-corrected chi connectivity index (χ4v) is 4.20. The van der Waals surface area contributed by atoms with Crippen LogP contribution in [0.1, 0.15) is 42.9 Å². The van der Waals surface area contributed by atoms with Crippen LogP contribution in [0.3, 0.4) is 0 Å². The summed E-state index contributed by atoms with van der Waals surface area (Å²) in [4.78, 5) is 6.02. The molecule has 1 aromatic heterocycles. The van der Waals surface area contributed by atoms with E-state index < -0.39 is 0 Å². The van der Waals surface area contributed by atoms with E-state index in [1.165, 1.54) is 29.8 Å². The summed E-state index contributed by atoms with van der Waals surface area (Å²) in [7, 11) is 0. The molecule has 1 fully saturated rings. The smallest absolute Gasteiger partial charge is 0.278 e. The highest BCUT2D eigenvalue weighted by Gasteiger charge is 2.30. The second-order valence-corrected chi connectivity index (χ2v) is 7.01. The van der Waals surface area contributed by atoms with Crippen molar-refractivity contribution < 1.29 is 9.72 Å². The van der Waals surface area contributed by atoms with Gasteiger partial charge in [0.15, 0.2) is 5.03 Å². The zero-order valence-electron chi connectivity index (χ0n) is 13.3. The van der Waals surface area contributed by atoms with Gasteiger partial charge in [-0.05, 0) is 37.7 Å². The zero-order chi connectivity index (χ0) is 15.4. The fourth-order valence-electron chi connectivity index (χ4n) is 3.31. The molecule has 2 aliphatic rings. The summed E-state index contributed by atoms with van der Waals surface area (Å²) < 4.78 is 5.49. The summed E-state index contributed by atoms with van der Waals surface area (Å²) >= 11 is 1.79. The lowest BCUT2D eigenvalue weighted by atomic mass is 9.89. The summed E-state index contributed by atoms with van der Waals surface area (Å²) in [5.41, 5.74) is 3.57. The Kier molecular flexibility index (Phi) is 5.22. The third-order valence-corrected chi connectivity index (χ3v) is 5.61. The number of fused-ring (bicyclic) bond motifs is 1. The number of morpholine rings is 1. The van der Waals surface area contributed by atoms with Crippen molar-refractivity contribution in [1.29, 1.82) is 5.26 Å². The number of ether oxygens (including phenoxy) is 1. The van der Waals surface area contributed by atoms with Gasteiger partial charge in [0, 0.05) is 11.3 Å². The molecule has 0 bridgehead atoms. The Labute approximate surface area is 136 Å². The normalized spacial score (nSPS) is 17.9. The van der Waals surface area contributed by atoms with Crippen molar-refractivity contribution in [3.05, 3.63) is 16.7 Å². The van der Waals surface area contributed by atoms with Gasteiger partial charge in [-0.15, -0.1) is 0 Å². The summed E-state index contributed by atoms with van der Waals surface area (Å²) in [6.45, 7) is 5.64. The van der Waals surface area contributed by atoms with Crippen molar-refractivity contribution >= 4 is 17.6 Å². The lowest BCUT2D eigenvalue weighted by Gasteiger charge is -2.26. The molecule has 1 aromatic rings. The molecule has 118 valence electrons. The van der Waals surface area contributed by atoms with E-state index in [9.17, 15) is 5.26 Å². The number of hydrogen-bond donors (Lipinski definition) is 0. The zero-order valence-corrected chi connectivity index (χ0v) is 14.1. The van der Waals surface area contributed by atoms with Gasteiger partial charge in [0.2, 0.25) is 0 Å². The minimum Gasteiger partial charge on any atom is -0.373 e. The molecule has 0 saturated carbocycles. The second kappa shape index (κ2) is 7.34. The standard InChI is InChI=1S/C17H23N3OS/c1-2-11-22-17-15(12-18)13-5-3-4-6-14(13)16(19-17)20-7-9-21-10-8-20/h2-11H2,1H3/p+1. The maximum absolute atomic E-state index is 9.66. The topological polar surface area (TPSA) is 50.4 Å². The first-order chi connectivity index (χ1) is 10.8. The lowest BCUT2D eigenvalue weighted by molar-refractivity contribution is -0.414. The van der Waals surface area contributed by atoms with Crippen LogP contribution in [0, 0.1) is 11.3 Å². The van der Waals surface area contributed by atoms with Crippen LogP contribution in [0.5, 0.6) is 0 Å². The van der Waals surface area contributed by atoms with Gasteiger partial charge in [-0.1, -0.05) is 18.7 Å². The van der Waals surface area contributed by atoms with E-state index in [4.69, 9.17) is 4.74 Å². The predicted octanol–water partition coefficient (Wildman–Crippen LogP) is 2.59. The predicted molar refractivity (Wildman–Crippen MR) is 88.4 cm³/mol. The van der Waals surface area contributed by atoms with Crippen LogP contribution in [0.25, 0.3) is 0 Å². The molecule has 4 nitrogen and oxygen atoms in total. The van der Waals surface area contributed by atoms with Gasteiger partial charge in [0.1, 0.15) is 24.7 Å². The van der Waals surface area contributed by atoms with Crippen molar-refractivity contribution in [3.63, 3.8) is 0 Å². The number of aromatic amines is 1.